The van der Waals surface area contributed by atoms with Crippen molar-refractivity contribution in [2.75, 3.05) is 5.32 Å². The predicted molar refractivity (Wildman–Crippen MR) is 132 cm³/mol. The molecule has 1 aliphatic rings. The van der Waals surface area contributed by atoms with Crippen LogP contribution >= 0.6 is 11.3 Å². The number of aliphatic carboxylic acids is 1. The fourth-order valence-corrected chi connectivity index (χ4v) is 5.93. The first-order chi connectivity index (χ1) is 17.5. The smallest absolute Gasteiger partial charge is 0.433 e. The number of carbonyl (C=O) groups is 1. The van der Waals surface area contributed by atoms with Gasteiger partial charge in [-0.1, -0.05) is 0 Å². The molecule has 3 aromatic heterocycles. The van der Waals surface area contributed by atoms with Gasteiger partial charge in [-0.25, -0.2) is 15.0 Å². The van der Waals surface area contributed by atoms with Gasteiger partial charge in [-0.3, -0.25) is 4.79 Å². The molecule has 3 heterocycles. The van der Waals surface area contributed by atoms with Crippen LogP contribution in [0.2, 0.25) is 0 Å². The van der Waals surface area contributed by atoms with Crippen molar-refractivity contribution in [3.63, 3.8) is 0 Å². The van der Waals surface area contributed by atoms with Gasteiger partial charge >= 0.3 is 12.1 Å². The average molecular weight is 532 g/mol. The number of nitrogens with zero attached hydrogens (tertiary/aromatic N) is 3. The first-order valence-corrected chi connectivity index (χ1v) is 12.5. The number of anilines is 2. The number of aromatic nitrogens is 4. The van der Waals surface area contributed by atoms with E-state index in [1.165, 1.54) is 11.3 Å². The second-order valence-electron chi connectivity index (χ2n) is 9.41. The van der Waals surface area contributed by atoms with Crippen molar-refractivity contribution in [3.05, 3.63) is 53.6 Å². The Morgan fingerprint density at radius 1 is 1.16 bits per heavy atom. The Labute approximate surface area is 213 Å². The van der Waals surface area contributed by atoms with Gasteiger partial charge < -0.3 is 20.5 Å². The minimum Gasteiger partial charge on any atom is -0.481 e. The van der Waals surface area contributed by atoms with Gasteiger partial charge in [0.2, 0.25) is 5.95 Å². The monoisotopic (exact) mass is 531 g/mol. The molecule has 1 fully saturated rings. The van der Waals surface area contributed by atoms with E-state index >= 15 is 0 Å². The molecule has 1 unspecified atom stereocenters. The molecule has 0 spiro atoms. The quantitative estimate of drug-likeness (QED) is 0.243. The molecule has 12 heteroatoms. The highest BCUT2D eigenvalue weighted by Crippen LogP contribution is 2.44. The van der Waals surface area contributed by atoms with E-state index < -0.39 is 23.4 Å². The molecule has 0 amide bonds. The summed E-state index contributed by atoms with van der Waals surface area (Å²) in [5.41, 5.74) is -0.246. The number of alkyl halides is 3. The standard InChI is InChI=1S/C25H24F3N5O3S/c1-24(36,14-4-2-13(3-5-14)21(34)35)22-31-12-19(37-22)17-10-15(11-18-16(17)6-8-29-18)32-23-30-9-7-20(33-23)25(26,27)28/h6-14,29,36H,2-5H2,1H3,(H,34,35)(H,30,32,33). The van der Waals surface area contributed by atoms with E-state index in [1.807, 2.05) is 6.07 Å². The summed E-state index contributed by atoms with van der Waals surface area (Å²) in [5, 5.41) is 24.9. The van der Waals surface area contributed by atoms with E-state index in [0.717, 1.165) is 33.6 Å². The lowest BCUT2D eigenvalue weighted by Gasteiger charge is -2.35. The van der Waals surface area contributed by atoms with Gasteiger partial charge in [0.15, 0.2) is 0 Å². The number of benzene rings is 1. The van der Waals surface area contributed by atoms with Crippen molar-refractivity contribution >= 4 is 39.8 Å². The maximum atomic E-state index is 13.1. The maximum Gasteiger partial charge on any atom is 0.433 e. The highest BCUT2D eigenvalue weighted by atomic mass is 32.1. The number of hydrogen-bond acceptors (Lipinski definition) is 7. The molecule has 4 N–H and O–H groups in total. The highest BCUT2D eigenvalue weighted by Gasteiger charge is 2.40. The van der Waals surface area contributed by atoms with Crippen LogP contribution in [0.4, 0.5) is 24.8 Å². The van der Waals surface area contributed by atoms with E-state index in [9.17, 15) is 28.2 Å². The fourth-order valence-electron chi connectivity index (χ4n) is 4.86. The first kappa shape index (κ1) is 25.2. The van der Waals surface area contributed by atoms with E-state index in [4.69, 9.17) is 0 Å². The maximum absolute atomic E-state index is 13.1. The molecule has 0 aliphatic heterocycles. The molecule has 194 valence electrons. The molecular weight excluding hydrogens is 507 g/mol. The lowest BCUT2D eigenvalue weighted by Crippen LogP contribution is -2.35. The van der Waals surface area contributed by atoms with Crippen LogP contribution in [-0.4, -0.2) is 36.1 Å². The molecule has 1 saturated carbocycles. The SMILES string of the molecule is CC(O)(c1ncc(-c2cc(Nc3nccc(C(F)(F)F)n3)cc3[nH]ccc23)s1)C1CCC(C(=O)O)CC1. The lowest BCUT2D eigenvalue weighted by molar-refractivity contribution is -0.144. The van der Waals surface area contributed by atoms with Crippen LogP contribution in [0.15, 0.2) is 42.9 Å². The zero-order valence-corrected chi connectivity index (χ0v) is 20.5. The number of fused-ring (bicyclic) bond motifs is 1. The summed E-state index contributed by atoms with van der Waals surface area (Å²) in [6, 6.07) is 6.23. The van der Waals surface area contributed by atoms with Gasteiger partial charge in [-0.2, -0.15) is 13.2 Å². The zero-order valence-electron chi connectivity index (χ0n) is 19.7. The van der Waals surface area contributed by atoms with Crippen molar-refractivity contribution in [2.45, 2.75) is 44.4 Å². The normalized spacial score (nSPS) is 20.0. The third-order valence-corrected chi connectivity index (χ3v) is 8.20. The van der Waals surface area contributed by atoms with Crippen molar-refractivity contribution in [1.29, 1.82) is 0 Å². The predicted octanol–water partition coefficient (Wildman–Crippen LogP) is 5.94. The number of nitrogens with one attached hydrogen (secondary N) is 2. The van der Waals surface area contributed by atoms with Crippen LogP contribution in [0.25, 0.3) is 21.3 Å². The van der Waals surface area contributed by atoms with Gasteiger partial charge in [0.25, 0.3) is 0 Å². The van der Waals surface area contributed by atoms with Crippen LogP contribution in [0.3, 0.4) is 0 Å². The van der Waals surface area contributed by atoms with E-state index in [2.05, 4.69) is 25.3 Å². The van der Waals surface area contributed by atoms with E-state index in [1.54, 1.807) is 31.5 Å². The van der Waals surface area contributed by atoms with Crippen molar-refractivity contribution in [1.82, 2.24) is 19.9 Å². The number of rotatable bonds is 6. The van der Waals surface area contributed by atoms with Crippen LogP contribution in [0.1, 0.15) is 43.3 Å². The topological polar surface area (TPSA) is 124 Å². The molecular formula is C25H24F3N5O3S. The number of aromatic amines is 1. The number of carboxylic acid groups (broad SMARTS) is 1. The molecule has 0 radical (unpaired) electrons. The first-order valence-electron chi connectivity index (χ1n) is 11.7. The Balaban J connectivity index is 1.43. The molecule has 5 rings (SSSR count). The summed E-state index contributed by atoms with van der Waals surface area (Å²) in [7, 11) is 0. The van der Waals surface area contributed by atoms with Crippen molar-refractivity contribution in [2.24, 2.45) is 11.8 Å². The Kier molecular flexibility index (Phi) is 6.40. The Morgan fingerprint density at radius 3 is 2.62 bits per heavy atom. The summed E-state index contributed by atoms with van der Waals surface area (Å²) < 4.78 is 39.2. The van der Waals surface area contributed by atoms with E-state index in [-0.39, 0.29) is 17.8 Å². The van der Waals surface area contributed by atoms with Gasteiger partial charge in [0, 0.05) is 40.7 Å². The molecule has 0 saturated heterocycles. The minimum absolute atomic E-state index is 0.111. The highest BCUT2D eigenvalue weighted by molar-refractivity contribution is 7.15. The molecule has 1 atom stereocenters. The molecule has 1 aliphatic carbocycles. The second kappa shape index (κ2) is 9.42. The number of thiazole rings is 1. The second-order valence-corrected chi connectivity index (χ2v) is 10.4. The third-order valence-electron chi connectivity index (χ3n) is 6.95. The number of aliphatic hydroxyl groups is 1. The van der Waals surface area contributed by atoms with Crippen LogP contribution in [-0.2, 0) is 16.6 Å². The van der Waals surface area contributed by atoms with Crippen LogP contribution in [0, 0.1) is 11.8 Å². The van der Waals surface area contributed by atoms with Gasteiger partial charge in [-0.05, 0) is 62.8 Å². The summed E-state index contributed by atoms with van der Waals surface area (Å²) in [5.74, 6) is -1.47. The third kappa shape index (κ3) is 5.03. The van der Waals surface area contributed by atoms with Crippen LogP contribution < -0.4 is 5.32 Å². The fraction of sp³-hybridized carbons (Fsp3) is 0.360. The largest absolute Gasteiger partial charge is 0.481 e. The Hall–Kier alpha value is -3.51. The molecule has 0 bridgehead atoms. The number of carboxylic acids is 1. The Morgan fingerprint density at radius 2 is 1.92 bits per heavy atom. The van der Waals surface area contributed by atoms with Gasteiger partial charge in [0.1, 0.15) is 16.3 Å². The van der Waals surface area contributed by atoms with Crippen LogP contribution in [0.5, 0.6) is 0 Å². The Bertz CT molecular complexity index is 1440. The zero-order chi connectivity index (χ0) is 26.4. The molecule has 8 nitrogen and oxygen atoms in total. The molecule has 1 aromatic carbocycles. The summed E-state index contributed by atoms with van der Waals surface area (Å²) >= 11 is 1.33. The summed E-state index contributed by atoms with van der Waals surface area (Å²) in [6.07, 6.45) is 2.12. The van der Waals surface area contributed by atoms with Gasteiger partial charge in [-0.15, -0.1) is 11.3 Å². The van der Waals surface area contributed by atoms with Gasteiger partial charge in [0.05, 0.1) is 10.8 Å². The average Bonchev–Trinajstić information content (AvgIpc) is 3.54. The number of H-pyrrole nitrogens is 1. The minimum atomic E-state index is -4.59. The number of hydrogen-bond donors (Lipinski definition) is 4. The van der Waals surface area contributed by atoms with E-state index in [0.29, 0.717) is 36.4 Å². The van der Waals surface area contributed by atoms with Crippen molar-refractivity contribution < 1.29 is 28.2 Å². The molecule has 37 heavy (non-hydrogen) atoms. The number of halogens is 3. The van der Waals surface area contributed by atoms with Crippen molar-refractivity contribution in [3.8, 4) is 10.4 Å². The summed E-state index contributed by atoms with van der Waals surface area (Å²) in [4.78, 5) is 27.2. The summed E-state index contributed by atoms with van der Waals surface area (Å²) in [6.45, 7) is 1.72. The molecule has 4 aromatic rings. The lowest BCUT2D eigenvalue weighted by atomic mass is 9.74.